The van der Waals surface area contributed by atoms with Gasteiger partial charge < -0.3 is 14.8 Å². The van der Waals surface area contributed by atoms with E-state index in [4.69, 9.17) is 9.47 Å². The molecule has 0 aliphatic carbocycles. The number of para-hydroxylation sites is 1. The van der Waals surface area contributed by atoms with E-state index in [1.54, 1.807) is 36.4 Å². The second-order valence-corrected chi connectivity index (χ2v) is 4.55. The molecular weight excluding hydrogens is 270 g/mol. The largest absolute Gasteiger partial charge is 0.465 e. The highest BCUT2D eigenvalue weighted by atomic mass is 16.6. The van der Waals surface area contributed by atoms with Gasteiger partial charge in [0.1, 0.15) is 0 Å². The maximum Gasteiger partial charge on any atom is 0.340 e. The van der Waals surface area contributed by atoms with Crippen molar-refractivity contribution in [2.75, 3.05) is 12.4 Å². The Hall–Kier alpha value is -2.82. The first kappa shape index (κ1) is 13.2. The van der Waals surface area contributed by atoms with E-state index in [9.17, 15) is 9.59 Å². The molecule has 1 atom stereocenters. The van der Waals surface area contributed by atoms with Crippen molar-refractivity contribution in [1.82, 2.24) is 0 Å². The SMILES string of the molecule is COC(=O)c1ccccc1N[C@H]1OC(=O)c2ccccc21. The van der Waals surface area contributed by atoms with Crippen LogP contribution in [0.25, 0.3) is 0 Å². The van der Waals surface area contributed by atoms with E-state index in [1.807, 2.05) is 12.1 Å². The first-order chi connectivity index (χ1) is 10.2. The van der Waals surface area contributed by atoms with Gasteiger partial charge in [-0.1, -0.05) is 30.3 Å². The van der Waals surface area contributed by atoms with E-state index in [1.165, 1.54) is 7.11 Å². The third kappa shape index (κ3) is 2.33. The van der Waals surface area contributed by atoms with Crippen LogP contribution in [0, 0.1) is 0 Å². The number of esters is 2. The normalized spacial score (nSPS) is 16.0. The predicted molar refractivity (Wildman–Crippen MR) is 76.0 cm³/mol. The van der Waals surface area contributed by atoms with E-state index in [0.29, 0.717) is 16.8 Å². The molecule has 0 fully saturated rings. The second-order valence-electron chi connectivity index (χ2n) is 4.55. The van der Waals surface area contributed by atoms with E-state index in [0.717, 1.165) is 5.56 Å². The summed E-state index contributed by atoms with van der Waals surface area (Å²) in [7, 11) is 1.32. The summed E-state index contributed by atoms with van der Waals surface area (Å²) in [4.78, 5) is 23.5. The maximum atomic E-state index is 11.8. The molecule has 0 aromatic heterocycles. The summed E-state index contributed by atoms with van der Waals surface area (Å²) in [5.41, 5.74) is 2.23. The Morgan fingerprint density at radius 1 is 1.14 bits per heavy atom. The van der Waals surface area contributed by atoms with Crippen LogP contribution in [-0.2, 0) is 9.47 Å². The number of carbonyl (C=O) groups is 2. The van der Waals surface area contributed by atoms with E-state index in [-0.39, 0.29) is 5.97 Å². The van der Waals surface area contributed by atoms with Crippen molar-refractivity contribution < 1.29 is 19.1 Å². The monoisotopic (exact) mass is 283 g/mol. The molecule has 106 valence electrons. The number of rotatable bonds is 3. The van der Waals surface area contributed by atoms with E-state index >= 15 is 0 Å². The molecule has 0 amide bonds. The minimum absolute atomic E-state index is 0.376. The van der Waals surface area contributed by atoms with Gasteiger partial charge >= 0.3 is 11.9 Å². The molecule has 2 aromatic carbocycles. The zero-order valence-electron chi connectivity index (χ0n) is 11.3. The Labute approximate surface area is 121 Å². The van der Waals surface area contributed by atoms with Crippen LogP contribution in [0.1, 0.15) is 32.5 Å². The number of fused-ring (bicyclic) bond motifs is 1. The predicted octanol–water partition coefficient (Wildman–Crippen LogP) is 2.75. The zero-order valence-corrected chi connectivity index (χ0v) is 11.3. The number of hydrogen-bond acceptors (Lipinski definition) is 5. The summed E-state index contributed by atoms with van der Waals surface area (Å²) >= 11 is 0. The second kappa shape index (κ2) is 5.28. The molecule has 3 rings (SSSR count). The maximum absolute atomic E-state index is 11.8. The summed E-state index contributed by atoms with van der Waals surface area (Å²) in [6, 6.07) is 14.1. The molecule has 0 radical (unpaired) electrons. The summed E-state index contributed by atoms with van der Waals surface area (Å²) in [5, 5.41) is 3.07. The molecule has 0 saturated carbocycles. The van der Waals surface area contributed by atoms with Crippen LogP contribution in [0.5, 0.6) is 0 Å². The molecule has 1 heterocycles. The van der Waals surface area contributed by atoms with Crippen molar-refractivity contribution in [2.45, 2.75) is 6.23 Å². The van der Waals surface area contributed by atoms with Crippen molar-refractivity contribution in [3.05, 3.63) is 65.2 Å². The first-order valence-corrected chi connectivity index (χ1v) is 6.44. The van der Waals surface area contributed by atoms with Crippen LogP contribution in [0.2, 0.25) is 0 Å². The summed E-state index contributed by atoms with van der Waals surface area (Å²) in [6.07, 6.45) is -0.612. The van der Waals surface area contributed by atoms with Crippen molar-refractivity contribution in [3.63, 3.8) is 0 Å². The fourth-order valence-electron chi connectivity index (χ4n) is 2.29. The van der Waals surface area contributed by atoms with Crippen LogP contribution in [-0.4, -0.2) is 19.0 Å². The summed E-state index contributed by atoms with van der Waals surface area (Å²) in [5.74, 6) is -0.825. The molecule has 5 heteroatoms. The van der Waals surface area contributed by atoms with Gasteiger partial charge in [0.25, 0.3) is 0 Å². The minimum atomic E-state index is -0.612. The van der Waals surface area contributed by atoms with Crippen LogP contribution < -0.4 is 5.32 Å². The number of cyclic esters (lactones) is 1. The molecule has 5 nitrogen and oxygen atoms in total. The van der Waals surface area contributed by atoms with Crippen molar-refractivity contribution in [1.29, 1.82) is 0 Å². The molecule has 1 N–H and O–H groups in total. The lowest BCUT2D eigenvalue weighted by Gasteiger charge is -2.16. The highest BCUT2D eigenvalue weighted by Gasteiger charge is 2.31. The lowest BCUT2D eigenvalue weighted by molar-refractivity contribution is 0.0437. The van der Waals surface area contributed by atoms with Gasteiger partial charge in [-0.15, -0.1) is 0 Å². The molecule has 1 aliphatic heterocycles. The fourth-order valence-corrected chi connectivity index (χ4v) is 2.29. The van der Waals surface area contributed by atoms with Gasteiger partial charge in [-0.05, 0) is 18.2 Å². The van der Waals surface area contributed by atoms with Gasteiger partial charge in [0.15, 0.2) is 0 Å². The zero-order chi connectivity index (χ0) is 14.8. The number of hydrogen-bond donors (Lipinski definition) is 1. The van der Waals surface area contributed by atoms with Gasteiger partial charge in [-0.25, -0.2) is 9.59 Å². The molecule has 21 heavy (non-hydrogen) atoms. The van der Waals surface area contributed by atoms with Crippen LogP contribution in [0.3, 0.4) is 0 Å². The van der Waals surface area contributed by atoms with E-state index < -0.39 is 12.2 Å². The third-order valence-electron chi connectivity index (χ3n) is 3.31. The van der Waals surface area contributed by atoms with Crippen molar-refractivity contribution >= 4 is 17.6 Å². The molecule has 1 aliphatic rings. The number of nitrogens with one attached hydrogen (secondary N) is 1. The van der Waals surface area contributed by atoms with Gasteiger partial charge in [-0.2, -0.15) is 0 Å². The van der Waals surface area contributed by atoms with Gasteiger partial charge in [0.05, 0.1) is 23.9 Å². The minimum Gasteiger partial charge on any atom is -0.465 e. The number of methoxy groups -OCH3 is 1. The van der Waals surface area contributed by atoms with Crippen LogP contribution in [0.15, 0.2) is 48.5 Å². The molecular formula is C16H13NO4. The fraction of sp³-hybridized carbons (Fsp3) is 0.125. The number of ether oxygens (including phenoxy) is 2. The highest BCUT2D eigenvalue weighted by molar-refractivity contribution is 5.97. The van der Waals surface area contributed by atoms with Gasteiger partial charge in [0.2, 0.25) is 6.23 Å². The van der Waals surface area contributed by atoms with Crippen molar-refractivity contribution in [3.8, 4) is 0 Å². The summed E-state index contributed by atoms with van der Waals surface area (Å²) in [6.45, 7) is 0. The Bertz CT molecular complexity index is 711. The average molecular weight is 283 g/mol. The number of carbonyl (C=O) groups excluding carboxylic acids is 2. The molecule has 0 bridgehead atoms. The Morgan fingerprint density at radius 2 is 1.86 bits per heavy atom. The van der Waals surface area contributed by atoms with Crippen LogP contribution >= 0.6 is 0 Å². The molecule has 0 spiro atoms. The average Bonchev–Trinajstić information content (AvgIpc) is 2.84. The Kier molecular flexibility index (Phi) is 3.31. The quantitative estimate of drug-likeness (QED) is 0.877. The lowest BCUT2D eigenvalue weighted by atomic mass is 10.1. The smallest absolute Gasteiger partial charge is 0.340 e. The lowest BCUT2D eigenvalue weighted by Crippen LogP contribution is -2.14. The molecule has 2 aromatic rings. The van der Waals surface area contributed by atoms with Crippen LogP contribution in [0.4, 0.5) is 5.69 Å². The van der Waals surface area contributed by atoms with Gasteiger partial charge in [0, 0.05) is 5.56 Å². The first-order valence-electron chi connectivity index (χ1n) is 6.44. The third-order valence-corrected chi connectivity index (χ3v) is 3.31. The highest BCUT2D eigenvalue weighted by Crippen LogP contribution is 2.32. The topological polar surface area (TPSA) is 64.6 Å². The van der Waals surface area contributed by atoms with E-state index in [2.05, 4.69) is 5.32 Å². The summed E-state index contributed by atoms with van der Waals surface area (Å²) < 4.78 is 10.0. The van der Waals surface area contributed by atoms with Gasteiger partial charge in [-0.3, -0.25) is 0 Å². The number of anilines is 1. The van der Waals surface area contributed by atoms with Crippen molar-refractivity contribution in [2.24, 2.45) is 0 Å². The molecule has 0 unspecified atom stereocenters. The molecule has 0 saturated heterocycles. The Morgan fingerprint density at radius 3 is 2.67 bits per heavy atom. The number of benzene rings is 2. The standard InChI is InChI=1S/C16H13NO4/c1-20-15(18)12-8-4-5-9-13(12)17-14-10-6-2-3-7-11(10)16(19)21-14/h2-9,14,17H,1H3/t14-/m0/s1. The Balaban J connectivity index is 1.93.